The molecule has 2 aliphatic heterocycles. The maximum atomic E-state index is 12.8. The summed E-state index contributed by atoms with van der Waals surface area (Å²) in [5.74, 6) is 3.69. The van der Waals surface area contributed by atoms with Gasteiger partial charge in [0.2, 0.25) is 5.91 Å². The van der Waals surface area contributed by atoms with E-state index in [9.17, 15) is 14.4 Å². The van der Waals surface area contributed by atoms with E-state index in [0.29, 0.717) is 38.8 Å². The zero-order valence-electron chi connectivity index (χ0n) is 13.4. The summed E-state index contributed by atoms with van der Waals surface area (Å²) in [6, 6.07) is -1.27. The monoisotopic (exact) mass is 332 g/mol. The molecule has 2 unspecified atom stereocenters. The number of carbonyl (C=O) groups is 3. The van der Waals surface area contributed by atoms with Crippen LogP contribution in [0.5, 0.6) is 0 Å². The van der Waals surface area contributed by atoms with Crippen LogP contribution in [0.3, 0.4) is 0 Å². The molecule has 0 aromatic heterocycles. The van der Waals surface area contributed by atoms with Crippen molar-refractivity contribution in [3.63, 3.8) is 0 Å². The molecule has 2 fully saturated rings. The van der Waals surface area contributed by atoms with Crippen LogP contribution >= 0.6 is 0 Å². The average molecular weight is 332 g/mol. The lowest BCUT2D eigenvalue weighted by molar-refractivity contribution is -0.153. The number of hydrogen-bond acceptors (Lipinski definition) is 5. The average Bonchev–Trinajstić information content (AvgIpc) is 3.25. The molecule has 0 aliphatic carbocycles. The smallest absolute Gasteiger partial charge is 0.411 e. The topological polar surface area (TPSA) is 76.2 Å². The first-order chi connectivity index (χ1) is 11.6. The molecule has 2 rings (SSSR count). The van der Waals surface area contributed by atoms with Crippen LogP contribution in [0.1, 0.15) is 25.7 Å². The van der Waals surface area contributed by atoms with Gasteiger partial charge in [-0.05, 0) is 25.7 Å². The van der Waals surface area contributed by atoms with Gasteiger partial charge in [0.15, 0.2) is 13.2 Å². The summed E-state index contributed by atoms with van der Waals surface area (Å²) in [5, 5.41) is 0. The minimum Gasteiger partial charge on any atom is -0.451 e. The molecule has 0 N–H and O–H groups in total. The molecule has 0 aromatic rings. The van der Waals surface area contributed by atoms with Gasteiger partial charge in [0.05, 0.1) is 0 Å². The quantitative estimate of drug-likeness (QED) is 0.550. The van der Waals surface area contributed by atoms with Gasteiger partial charge in [-0.1, -0.05) is 11.8 Å². The number of hydrogen-bond donors (Lipinski definition) is 0. The molecule has 2 saturated heterocycles. The molecule has 2 aliphatic rings. The van der Waals surface area contributed by atoms with Crippen LogP contribution in [0.25, 0.3) is 0 Å². The van der Waals surface area contributed by atoms with Crippen molar-refractivity contribution in [3.8, 4) is 24.7 Å². The lowest BCUT2D eigenvalue weighted by atomic mass is 10.1. The summed E-state index contributed by atoms with van der Waals surface area (Å²) >= 11 is 0. The Labute approximate surface area is 141 Å². The van der Waals surface area contributed by atoms with Gasteiger partial charge in [0, 0.05) is 13.1 Å². The highest BCUT2D eigenvalue weighted by atomic mass is 16.6. The Morgan fingerprint density at radius 2 is 1.50 bits per heavy atom. The van der Waals surface area contributed by atoms with Crippen LogP contribution in [-0.2, 0) is 19.1 Å². The van der Waals surface area contributed by atoms with Crippen molar-refractivity contribution in [2.24, 2.45) is 0 Å². The zero-order chi connectivity index (χ0) is 17.5. The van der Waals surface area contributed by atoms with Crippen molar-refractivity contribution in [3.05, 3.63) is 0 Å². The molecular formula is C17H20N2O5. The highest BCUT2D eigenvalue weighted by Crippen LogP contribution is 2.25. The summed E-state index contributed by atoms with van der Waals surface area (Å²) in [7, 11) is 0. The largest absolute Gasteiger partial charge is 0.451 e. The fourth-order valence-electron chi connectivity index (χ4n) is 3.10. The number of terminal acetylenes is 2. The van der Waals surface area contributed by atoms with Gasteiger partial charge >= 0.3 is 12.1 Å². The number of rotatable bonds is 4. The molecular weight excluding hydrogens is 312 g/mol. The summed E-state index contributed by atoms with van der Waals surface area (Å²) in [5.41, 5.74) is 0. The Hall–Kier alpha value is -2.67. The molecule has 2 amide bonds. The van der Waals surface area contributed by atoms with E-state index in [1.807, 2.05) is 0 Å². The molecule has 128 valence electrons. The fraction of sp³-hybridized carbons (Fsp3) is 0.588. The molecule has 0 radical (unpaired) electrons. The standard InChI is InChI=1S/C17H20N2O5/c1-3-11-23-16(21)14-8-6-9-18(14)15(20)13-7-5-10-19(13)17(22)24-12-4-2/h1-2,13-14H,5-12H2. The second kappa shape index (κ2) is 8.26. The van der Waals surface area contributed by atoms with Crippen LogP contribution in [0, 0.1) is 24.7 Å². The van der Waals surface area contributed by atoms with E-state index in [2.05, 4.69) is 11.8 Å². The number of carbonyl (C=O) groups excluding carboxylic acids is 3. The van der Waals surface area contributed by atoms with Crippen molar-refractivity contribution in [2.45, 2.75) is 37.8 Å². The Kier molecular flexibility index (Phi) is 6.08. The Balaban J connectivity index is 2.03. The van der Waals surface area contributed by atoms with E-state index in [4.69, 9.17) is 22.3 Å². The molecule has 0 aromatic carbocycles. The third kappa shape index (κ3) is 3.80. The molecule has 7 nitrogen and oxygen atoms in total. The van der Waals surface area contributed by atoms with Gasteiger partial charge in [0.25, 0.3) is 0 Å². The number of esters is 1. The van der Waals surface area contributed by atoms with Gasteiger partial charge in [-0.2, -0.15) is 0 Å². The van der Waals surface area contributed by atoms with Crippen LogP contribution in [0.4, 0.5) is 4.79 Å². The third-order valence-electron chi connectivity index (χ3n) is 4.16. The molecule has 0 bridgehead atoms. The van der Waals surface area contributed by atoms with E-state index in [1.165, 1.54) is 9.80 Å². The lowest BCUT2D eigenvalue weighted by Gasteiger charge is -2.29. The Morgan fingerprint density at radius 3 is 2.17 bits per heavy atom. The van der Waals surface area contributed by atoms with E-state index >= 15 is 0 Å². The Bertz CT molecular complexity index is 539. The van der Waals surface area contributed by atoms with Crippen molar-refractivity contribution >= 4 is 18.0 Å². The second-order valence-electron chi connectivity index (χ2n) is 5.61. The summed E-state index contributed by atoms with van der Waals surface area (Å²) in [4.78, 5) is 39.7. The van der Waals surface area contributed by atoms with Gasteiger partial charge < -0.3 is 14.4 Å². The summed E-state index contributed by atoms with van der Waals surface area (Å²) in [6.07, 6.45) is 12.0. The van der Waals surface area contributed by atoms with Gasteiger partial charge in [-0.25, -0.2) is 9.59 Å². The van der Waals surface area contributed by atoms with Gasteiger partial charge in [-0.15, -0.1) is 12.8 Å². The first-order valence-electron chi connectivity index (χ1n) is 7.87. The number of nitrogens with zero attached hydrogens (tertiary/aromatic N) is 2. The maximum absolute atomic E-state index is 12.8. The molecule has 0 spiro atoms. The minimum atomic E-state index is -0.643. The summed E-state index contributed by atoms with van der Waals surface area (Å²) in [6.45, 7) is 0.630. The van der Waals surface area contributed by atoms with Crippen LogP contribution in [-0.4, -0.2) is 66.2 Å². The maximum Gasteiger partial charge on any atom is 0.411 e. The van der Waals surface area contributed by atoms with Crippen LogP contribution in [0.2, 0.25) is 0 Å². The molecule has 24 heavy (non-hydrogen) atoms. The Morgan fingerprint density at radius 1 is 0.917 bits per heavy atom. The first-order valence-corrected chi connectivity index (χ1v) is 7.87. The SMILES string of the molecule is C#CCOC(=O)C1CCCN1C(=O)C1CCCN1C(=O)OCC#C. The predicted molar refractivity (Wildman–Crippen MR) is 84.4 cm³/mol. The zero-order valence-corrected chi connectivity index (χ0v) is 13.4. The second-order valence-corrected chi connectivity index (χ2v) is 5.61. The van der Waals surface area contributed by atoms with Crippen molar-refractivity contribution in [1.82, 2.24) is 9.80 Å². The van der Waals surface area contributed by atoms with Gasteiger partial charge in [-0.3, -0.25) is 9.69 Å². The first kappa shape index (κ1) is 17.7. The molecule has 7 heteroatoms. The third-order valence-corrected chi connectivity index (χ3v) is 4.16. The van der Waals surface area contributed by atoms with Crippen molar-refractivity contribution < 1.29 is 23.9 Å². The number of ether oxygens (including phenoxy) is 2. The molecule has 2 atom stereocenters. The van der Waals surface area contributed by atoms with Crippen LogP contribution in [0.15, 0.2) is 0 Å². The summed E-state index contributed by atoms with van der Waals surface area (Å²) < 4.78 is 9.86. The van der Waals surface area contributed by atoms with E-state index in [0.717, 1.165) is 0 Å². The fourth-order valence-corrected chi connectivity index (χ4v) is 3.10. The van der Waals surface area contributed by atoms with Crippen molar-refractivity contribution in [2.75, 3.05) is 26.3 Å². The highest BCUT2D eigenvalue weighted by molar-refractivity contribution is 5.90. The highest BCUT2D eigenvalue weighted by Gasteiger charge is 2.43. The number of amides is 2. The predicted octanol–water partition coefficient (Wildman–Crippen LogP) is 0.388. The van der Waals surface area contributed by atoms with Crippen molar-refractivity contribution in [1.29, 1.82) is 0 Å². The van der Waals surface area contributed by atoms with Gasteiger partial charge in [0.1, 0.15) is 12.1 Å². The van der Waals surface area contributed by atoms with E-state index in [-0.39, 0.29) is 19.1 Å². The molecule has 2 heterocycles. The van der Waals surface area contributed by atoms with Crippen LogP contribution < -0.4 is 0 Å². The number of likely N-dealkylation sites (tertiary alicyclic amines) is 2. The molecule has 0 saturated carbocycles. The minimum absolute atomic E-state index is 0.120. The lowest BCUT2D eigenvalue weighted by Crippen LogP contribution is -2.51. The van der Waals surface area contributed by atoms with E-state index < -0.39 is 24.1 Å². The normalized spacial score (nSPS) is 22.6. The van der Waals surface area contributed by atoms with E-state index in [1.54, 1.807) is 0 Å².